The summed E-state index contributed by atoms with van der Waals surface area (Å²) in [4.78, 5) is 25.2. The summed E-state index contributed by atoms with van der Waals surface area (Å²) in [5, 5.41) is 4.07. The third-order valence-corrected chi connectivity index (χ3v) is 4.17. The molecule has 0 unspecified atom stereocenters. The van der Waals surface area contributed by atoms with Gasteiger partial charge in [0.05, 0.1) is 11.0 Å². The lowest BCUT2D eigenvalue weighted by atomic mass is 10.1. The van der Waals surface area contributed by atoms with Gasteiger partial charge in [-0.15, -0.1) is 0 Å². The van der Waals surface area contributed by atoms with E-state index >= 15 is 0 Å². The predicted octanol–water partition coefficient (Wildman–Crippen LogP) is 3.23. The SMILES string of the molecule is CCCn1c(=O)c(C)nc2cc(-c3noc(-c4ccncc4)n3)ccc21. The zero-order chi connectivity index (χ0) is 18.1. The number of pyridine rings is 1. The van der Waals surface area contributed by atoms with E-state index in [9.17, 15) is 4.79 Å². The molecule has 0 spiro atoms. The molecule has 0 atom stereocenters. The largest absolute Gasteiger partial charge is 0.334 e. The van der Waals surface area contributed by atoms with Crippen LogP contribution >= 0.6 is 0 Å². The third kappa shape index (κ3) is 2.77. The minimum absolute atomic E-state index is 0.0494. The lowest BCUT2D eigenvalue weighted by molar-refractivity contribution is 0.432. The van der Waals surface area contributed by atoms with Crippen LogP contribution in [0.5, 0.6) is 0 Å². The van der Waals surface area contributed by atoms with Crippen LogP contribution in [0.4, 0.5) is 0 Å². The van der Waals surface area contributed by atoms with Crippen LogP contribution in [0.3, 0.4) is 0 Å². The van der Waals surface area contributed by atoms with Crippen LogP contribution in [0.25, 0.3) is 33.9 Å². The van der Waals surface area contributed by atoms with Crippen molar-refractivity contribution in [3.05, 3.63) is 58.8 Å². The first kappa shape index (κ1) is 16.1. The Morgan fingerprint density at radius 2 is 1.88 bits per heavy atom. The van der Waals surface area contributed by atoms with E-state index in [1.807, 2.05) is 37.3 Å². The number of benzene rings is 1. The number of fused-ring (bicyclic) bond motifs is 1. The smallest absolute Gasteiger partial charge is 0.272 e. The second kappa shape index (κ2) is 6.51. The topological polar surface area (TPSA) is 86.7 Å². The van der Waals surface area contributed by atoms with Crippen LogP contribution in [0, 0.1) is 6.92 Å². The number of hydrogen-bond donors (Lipinski definition) is 0. The zero-order valence-electron chi connectivity index (χ0n) is 14.5. The molecule has 0 radical (unpaired) electrons. The van der Waals surface area contributed by atoms with Crippen molar-refractivity contribution in [3.8, 4) is 22.8 Å². The van der Waals surface area contributed by atoms with Crippen molar-refractivity contribution in [3.63, 3.8) is 0 Å². The number of nitrogens with zero attached hydrogens (tertiary/aromatic N) is 5. The molecule has 0 bridgehead atoms. The fourth-order valence-corrected chi connectivity index (χ4v) is 2.91. The van der Waals surface area contributed by atoms with E-state index in [1.165, 1.54) is 0 Å². The lowest BCUT2D eigenvalue weighted by Gasteiger charge is -2.10. The molecule has 26 heavy (non-hydrogen) atoms. The van der Waals surface area contributed by atoms with Gasteiger partial charge in [0.1, 0.15) is 5.69 Å². The minimum Gasteiger partial charge on any atom is -0.334 e. The van der Waals surface area contributed by atoms with E-state index in [2.05, 4.69) is 20.1 Å². The quantitative estimate of drug-likeness (QED) is 0.563. The number of aryl methyl sites for hydroxylation is 2. The summed E-state index contributed by atoms with van der Waals surface area (Å²) < 4.78 is 7.12. The summed E-state index contributed by atoms with van der Waals surface area (Å²) in [5.41, 5.74) is 3.58. The van der Waals surface area contributed by atoms with Crippen LogP contribution in [0.1, 0.15) is 19.0 Å². The van der Waals surface area contributed by atoms with E-state index in [4.69, 9.17) is 4.52 Å². The van der Waals surface area contributed by atoms with Gasteiger partial charge in [-0.1, -0.05) is 12.1 Å². The second-order valence-corrected chi connectivity index (χ2v) is 6.02. The number of rotatable bonds is 4. The highest BCUT2D eigenvalue weighted by molar-refractivity contribution is 5.80. The lowest BCUT2D eigenvalue weighted by Crippen LogP contribution is -2.24. The van der Waals surface area contributed by atoms with Gasteiger partial charge in [-0.25, -0.2) is 4.98 Å². The van der Waals surface area contributed by atoms with Crippen LogP contribution < -0.4 is 5.56 Å². The Morgan fingerprint density at radius 1 is 1.08 bits per heavy atom. The Balaban J connectivity index is 1.80. The number of hydrogen-bond acceptors (Lipinski definition) is 6. The Labute approximate surface area is 149 Å². The third-order valence-electron chi connectivity index (χ3n) is 4.17. The molecule has 0 saturated heterocycles. The van der Waals surface area contributed by atoms with E-state index in [1.54, 1.807) is 23.9 Å². The van der Waals surface area contributed by atoms with Crippen molar-refractivity contribution in [2.24, 2.45) is 0 Å². The monoisotopic (exact) mass is 347 g/mol. The molecular formula is C19H17N5O2. The summed E-state index contributed by atoms with van der Waals surface area (Å²) >= 11 is 0. The van der Waals surface area contributed by atoms with Gasteiger partial charge in [-0.2, -0.15) is 4.98 Å². The molecule has 0 aliphatic rings. The Hall–Kier alpha value is -3.35. The second-order valence-electron chi connectivity index (χ2n) is 6.02. The molecular weight excluding hydrogens is 330 g/mol. The maximum atomic E-state index is 12.3. The molecule has 4 aromatic rings. The van der Waals surface area contributed by atoms with E-state index < -0.39 is 0 Å². The van der Waals surface area contributed by atoms with Crippen molar-refractivity contribution < 1.29 is 4.52 Å². The maximum absolute atomic E-state index is 12.3. The normalized spacial score (nSPS) is 11.2. The van der Waals surface area contributed by atoms with Gasteiger partial charge in [0.15, 0.2) is 0 Å². The maximum Gasteiger partial charge on any atom is 0.272 e. The summed E-state index contributed by atoms with van der Waals surface area (Å²) in [6.07, 6.45) is 4.23. The van der Waals surface area contributed by atoms with Crippen molar-refractivity contribution in [1.29, 1.82) is 0 Å². The van der Waals surface area contributed by atoms with Crippen LogP contribution in [-0.2, 0) is 6.54 Å². The first-order chi connectivity index (χ1) is 12.7. The molecule has 1 aromatic carbocycles. The Kier molecular flexibility index (Phi) is 4.04. The molecule has 7 heteroatoms. The highest BCUT2D eigenvalue weighted by atomic mass is 16.5. The molecule has 0 N–H and O–H groups in total. The summed E-state index contributed by atoms with van der Waals surface area (Å²) in [6, 6.07) is 9.27. The number of aromatic nitrogens is 5. The molecule has 0 amide bonds. The Morgan fingerprint density at radius 3 is 2.65 bits per heavy atom. The minimum atomic E-state index is -0.0494. The average molecular weight is 347 g/mol. The molecule has 0 fully saturated rings. The zero-order valence-corrected chi connectivity index (χ0v) is 14.5. The highest BCUT2D eigenvalue weighted by Gasteiger charge is 2.13. The van der Waals surface area contributed by atoms with Gasteiger partial charge < -0.3 is 9.09 Å². The van der Waals surface area contributed by atoms with Crippen molar-refractivity contribution >= 4 is 11.0 Å². The first-order valence-electron chi connectivity index (χ1n) is 8.43. The molecule has 130 valence electrons. The van der Waals surface area contributed by atoms with Gasteiger partial charge in [-0.05, 0) is 43.7 Å². The molecule has 4 rings (SSSR count). The molecule has 0 aliphatic carbocycles. The van der Waals surface area contributed by atoms with E-state index in [-0.39, 0.29) is 5.56 Å². The molecule has 0 saturated carbocycles. The van der Waals surface area contributed by atoms with Crippen molar-refractivity contribution in [2.45, 2.75) is 26.8 Å². The van der Waals surface area contributed by atoms with Crippen molar-refractivity contribution in [2.75, 3.05) is 0 Å². The highest BCUT2D eigenvalue weighted by Crippen LogP contribution is 2.24. The Bertz CT molecular complexity index is 1130. The van der Waals surface area contributed by atoms with Gasteiger partial charge in [0, 0.05) is 30.1 Å². The van der Waals surface area contributed by atoms with Gasteiger partial charge in [0.2, 0.25) is 5.82 Å². The predicted molar refractivity (Wildman–Crippen MR) is 97.6 cm³/mol. The fraction of sp³-hybridized carbons (Fsp3) is 0.211. The fourth-order valence-electron chi connectivity index (χ4n) is 2.91. The van der Waals surface area contributed by atoms with E-state index in [0.717, 1.165) is 28.6 Å². The van der Waals surface area contributed by atoms with Crippen molar-refractivity contribution in [1.82, 2.24) is 24.7 Å². The average Bonchev–Trinajstić information content (AvgIpc) is 3.16. The summed E-state index contributed by atoms with van der Waals surface area (Å²) in [7, 11) is 0. The molecule has 0 aliphatic heterocycles. The van der Waals surface area contributed by atoms with Gasteiger partial charge in [-0.3, -0.25) is 9.78 Å². The van der Waals surface area contributed by atoms with Crippen LogP contribution in [0.2, 0.25) is 0 Å². The van der Waals surface area contributed by atoms with Crippen LogP contribution in [-0.4, -0.2) is 24.7 Å². The first-order valence-corrected chi connectivity index (χ1v) is 8.43. The molecule has 3 heterocycles. The standard InChI is InChI=1S/C19H17N5O2/c1-3-10-24-16-5-4-14(11-15(16)21-12(2)19(24)25)17-22-18(26-23-17)13-6-8-20-9-7-13/h4-9,11H,3,10H2,1-2H3. The van der Waals surface area contributed by atoms with Gasteiger partial charge >= 0.3 is 0 Å². The van der Waals surface area contributed by atoms with E-state index in [0.29, 0.717) is 24.0 Å². The van der Waals surface area contributed by atoms with Crippen LogP contribution in [0.15, 0.2) is 52.0 Å². The molecule has 3 aromatic heterocycles. The molecule has 7 nitrogen and oxygen atoms in total. The summed E-state index contributed by atoms with van der Waals surface area (Å²) in [6.45, 7) is 4.44. The summed E-state index contributed by atoms with van der Waals surface area (Å²) in [5.74, 6) is 0.911. The van der Waals surface area contributed by atoms with Gasteiger partial charge in [0.25, 0.3) is 11.4 Å².